The molecule has 0 saturated carbocycles. The molecule has 0 bridgehead atoms. The Kier molecular flexibility index (Phi) is 3.48. The van der Waals surface area contributed by atoms with Crippen LogP contribution in [0.1, 0.15) is 5.56 Å². The second kappa shape index (κ2) is 4.62. The monoisotopic (exact) mass is 196 g/mol. The highest BCUT2D eigenvalue weighted by Gasteiger charge is 2.13. The van der Waals surface area contributed by atoms with Gasteiger partial charge in [-0.05, 0) is 24.6 Å². The highest BCUT2D eigenvalue weighted by atomic mass is 16.5. The number of carboxylic acid groups (broad SMARTS) is 1. The van der Waals surface area contributed by atoms with Crippen molar-refractivity contribution in [3.8, 4) is 5.75 Å². The number of ether oxygens (including phenoxy) is 1. The van der Waals surface area contributed by atoms with Crippen molar-refractivity contribution in [2.24, 2.45) is 0 Å². The predicted octanol–water partition coefficient (Wildman–Crippen LogP) is 0.819. The summed E-state index contributed by atoms with van der Waals surface area (Å²) in [4.78, 5) is 10.3. The molecular weight excluding hydrogens is 184 g/mol. The van der Waals surface area contributed by atoms with Crippen LogP contribution >= 0.6 is 0 Å². The van der Waals surface area contributed by atoms with Gasteiger partial charge in [0, 0.05) is 0 Å². The van der Waals surface area contributed by atoms with Crippen molar-refractivity contribution >= 4 is 5.97 Å². The Morgan fingerprint density at radius 2 is 2.29 bits per heavy atom. The van der Waals surface area contributed by atoms with Gasteiger partial charge in [-0.3, -0.25) is 0 Å². The molecule has 2 N–H and O–H groups in total. The summed E-state index contributed by atoms with van der Waals surface area (Å²) >= 11 is 0. The summed E-state index contributed by atoms with van der Waals surface area (Å²) in [6.45, 7) is 1.67. The molecule has 1 aromatic carbocycles. The lowest BCUT2D eigenvalue weighted by Crippen LogP contribution is -2.26. The summed E-state index contributed by atoms with van der Waals surface area (Å²) in [7, 11) is 0. The highest BCUT2D eigenvalue weighted by Crippen LogP contribution is 2.12. The van der Waals surface area contributed by atoms with E-state index in [1.165, 1.54) is 0 Å². The first-order chi connectivity index (χ1) is 6.59. The zero-order valence-electron chi connectivity index (χ0n) is 7.80. The summed E-state index contributed by atoms with van der Waals surface area (Å²) in [6.07, 6.45) is -1.48. The van der Waals surface area contributed by atoms with Crippen LogP contribution in [0.4, 0.5) is 0 Å². The van der Waals surface area contributed by atoms with Gasteiger partial charge < -0.3 is 14.9 Å². The van der Waals surface area contributed by atoms with Gasteiger partial charge >= 0.3 is 5.97 Å². The Balaban J connectivity index is 2.49. The molecule has 0 aliphatic rings. The average Bonchev–Trinajstić information content (AvgIpc) is 2.14. The van der Waals surface area contributed by atoms with Gasteiger partial charge in [-0.2, -0.15) is 0 Å². The van der Waals surface area contributed by atoms with Gasteiger partial charge in [0.1, 0.15) is 12.4 Å². The van der Waals surface area contributed by atoms with Crippen molar-refractivity contribution in [1.29, 1.82) is 0 Å². The van der Waals surface area contributed by atoms with E-state index >= 15 is 0 Å². The largest absolute Gasteiger partial charge is 0.490 e. The van der Waals surface area contributed by atoms with E-state index in [-0.39, 0.29) is 6.61 Å². The minimum Gasteiger partial charge on any atom is -0.490 e. The second-order valence-electron chi connectivity index (χ2n) is 2.98. The van der Waals surface area contributed by atoms with Crippen molar-refractivity contribution in [1.82, 2.24) is 0 Å². The predicted molar refractivity (Wildman–Crippen MR) is 50.3 cm³/mol. The Hall–Kier alpha value is -1.55. The summed E-state index contributed by atoms with van der Waals surface area (Å²) in [5.74, 6) is -0.719. The fourth-order valence-electron chi connectivity index (χ4n) is 0.952. The molecule has 1 aromatic rings. The van der Waals surface area contributed by atoms with Crippen LogP contribution in [0.5, 0.6) is 5.75 Å². The van der Waals surface area contributed by atoms with Crippen LogP contribution in [0, 0.1) is 6.92 Å². The first-order valence-electron chi connectivity index (χ1n) is 4.20. The van der Waals surface area contributed by atoms with Gasteiger partial charge in [0.2, 0.25) is 0 Å². The molecule has 0 aliphatic carbocycles. The minimum absolute atomic E-state index is 0.237. The minimum atomic E-state index is -1.48. The van der Waals surface area contributed by atoms with Crippen LogP contribution in [-0.4, -0.2) is 28.9 Å². The number of rotatable bonds is 4. The second-order valence-corrected chi connectivity index (χ2v) is 2.98. The van der Waals surface area contributed by atoms with E-state index in [4.69, 9.17) is 14.9 Å². The smallest absolute Gasteiger partial charge is 0.336 e. The standard InChI is InChI=1S/C10H12O4/c1-7-3-2-4-8(5-7)14-6-9(11)10(12)13/h2-5,9,11H,6H2,1H3,(H,12,13). The maximum atomic E-state index is 10.3. The first-order valence-corrected chi connectivity index (χ1v) is 4.20. The molecule has 0 spiro atoms. The van der Waals surface area contributed by atoms with E-state index in [1.54, 1.807) is 18.2 Å². The molecule has 1 atom stereocenters. The third kappa shape index (κ3) is 3.06. The summed E-state index contributed by atoms with van der Waals surface area (Å²) in [5.41, 5.74) is 1.02. The molecule has 76 valence electrons. The van der Waals surface area contributed by atoms with Crippen LogP contribution in [0.3, 0.4) is 0 Å². The SMILES string of the molecule is Cc1cccc(OCC(O)C(=O)O)c1. The van der Waals surface area contributed by atoms with Crippen molar-refractivity contribution in [2.75, 3.05) is 6.61 Å². The molecule has 4 nitrogen and oxygen atoms in total. The maximum Gasteiger partial charge on any atom is 0.336 e. The molecule has 0 aromatic heterocycles. The van der Waals surface area contributed by atoms with E-state index in [1.807, 2.05) is 13.0 Å². The number of hydrogen-bond donors (Lipinski definition) is 2. The number of benzene rings is 1. The zero-order chi connectivity index (χ0) is 10.6. The van der Waals surface area contributed by atoms with Crippen LogP contribution in [0.2, 0.25) is 0 Å². The Morgan fingerprint density at radius 3 is 2.86 bits per heavy atom. The van der Waals surface area contributed by atoms with Crippen LogP contribution < -0.4 is 4.74 Å². The molecular formula is C10H12O4. The quantitative estimate of drug-likeness (QED) is 0.748. The van der Waals surface area contributed by atoms with E-state index in [0.29, 0.717) is 5.75 Å². The van der Waals surface area contributed by atoms with Crippen LogP contribution in [0.25, 0.3) is 0 Å². The first kappa shape index (κ1) is 10.5. The third-order valence-corrected chi connectivity index (χ3v) is 1.68. The fourth-order valence-corrected chi connectivity index (χ4v) is 0.952. The van der Waals surface area contributed by atoms with E-state index in [2.05, 4.69) is 0 Å². The highest BCUT2D eigenvalue weighted by molar-refractivity contribution is 5.72. The number of aliphatic carboxylic acids is 1. The van der Waals surface area contributed by atoms with Gasteiger partial charge in [0.15, 0.2) is 6.10 Å². The number of carboxylic acids is 1. The molecule has 0 aliphatic heterocycles. The molecule has 14 heavy (non-hydrogen) atoms. The third-order valence-electron chi connectivity index (χ3n) is 1.68. The van der Waals surface area contributed by atoms with E-state index < -0.39 is 12.1 Å². The van der Waals surface area contributed by atoms with E-state index in [0.717, 1.165) is 5.56 Å². The van der Waals surface area contributed by atoms with Crippen molar-refractivity contribution in [2.45, 2.75) is 13.0 Å². The van der Waals surface area contributed by atoms with Crippen molar-refractivity contribution in [3.05, 3.63) is 29.8 Å². The molecule has 0 radical (unpaired) electrons. The average molecular weight is 196 g/mol. The normalized spacial score (nSPS) is 12.1. The Morgan fingerprint density at radius 1 is 1.57 bits per heavy atom. The maximum absolute atomic E-state index is 10.3. The van der Waals surface area contributed by atoms with Crippen molar-refractivity contribution < 1.29 is 19.7 Å². The molecule has 4 heteroatoms. The zero-order valence-corrected chi connectivity index (χ0v) is 7.80. The van der Waals surface area contributed by atoms with E-state index in [9.17, 15) is 4.79 Å². The number of aryl methyl sites for hydroxylation is 1. The molecule has 1 rings (SSSR count). The Bertz CT molecular complexity index is 322. The van der Waals surface area contributed by atoms with Crippen LogP contribution in [-0.2, 0) is 4.79 Å². The number of carbonyl (C=O) groups is 1. The lowest BCUT2D eigenvalue weighted by atomic mass is 10.2. The lowest BCUT2D eigenvalue weighted by molar-refractivity contribution is -0.148. The lowest BCUT2D eigenvalue weighted by Gasteiger charge is -2.08. The number of hydrogen-bond acceptors (Lipinski definition) is 3. The van der Waals surface area contributed by atoms with Gasteiger partial charge in [0.25, 0.3) is 0 Å². The topological polar surface area (TPSA) is 66.8 Å². The summed E-state index contributed by atoms with van der Waals surface area (Å²) in [6, 6.07) is 7.19. The molecule has 0 amide bonds. The van der Waals surface area contributed by atoms with Crippen molar-refractivity contribution in [3.63, 3.8) is 0 Å². The molecule has 0 saturated heterocycles. The van der Waals surface area contributed by atoms with Gasteiger partial charge in [-0.25, -0.2) is 4.79 Å². The van der Waals surface area contributed by atoms with Gasteiger partial charge in [-0.1, -0.05) is 12.1 Å². The Labute approximate surface area is 81.8 Å². The molecule has 0 fully saturated rings. The number of aliphatic hydroxyl groups excluding tert-OH is 1. The van der Waals surface area contributed by atoms with Gasteiger partial charge in [-0.15, -0.1) is 0 Å². The fraction of sp³-hybridized carbons (Fsp3) is 0.300. The van der Waals surface area contributed by atoms with Crippen LogP contribution in [0.15, 0.2) is 24.3 Å². The van der Waals surface area contributed by atoms with Gasteiger partial charge in [0.05, 0.1) is 0 Å². The molecule has 1 unspecified atom stereocenters. The summed E-state index contributed by atoms with van der Waals surface area (Å²) < 4.78 is 5.08. The summed E-state index contributed by atoms with van der Waals surface area (Å²) in [5, 5.41) is 17.3. The molecule has 0 heterocycles. The number of aliphatic hydroxyl groups is 1.